The van der Waals surface area contributed by atoms with Gasteiger partial charge in [0.25, 0.3) is 5.91 Å². The van der Waals surface area contributed by atoms with E-state index in [1.54, 1.807) is 0 Å². The molecule has 0 atom stereocenters. The molecule has 1 amide bonds. The van der Waals surface area contributed by atoms with Gasteiger partial charge in [0.05, 0.1) is 22.8 Å². The van der Waals surface area contributed by atoms with Crippen molar-refractivity contribution >= 4 is 17.2 Å². The minimum absolute atomic E-state index is 0.151. The maximum atomic E-state index is 12.7. The maximum Gasteiger partial charge on any atom is 0.264 e. The van der Waals surface area contributed by atoms with Crippen LogP contribution in [0, 0.1) is 6.92 Å². The average Bonchev–Trinajstić information content (AvgIpc) is 3.11. The van der Waals surface area contributed by atoms with Crippen LogP contribution < -0.4 is 5.32 Å². The number of hydrogen-bond donors (Lipinski definition) is 1. The molecule has 0 aliphatic rings. The van der Waals surface area contributed by atoms with Gasteiger partial charge in [-0.25, -0.2) is 4.98 Å². The highest BCUT2D eigenvalue weighted by molar-refractivity contribution is 7.13. The molecule has 2 heterocycles. The van der Waals surface area contributed by atoms with Crippen molar-refractivity contribution in [2.24, 2.45) is 0 Å². The number of nitrogens with zero attached hydrogens (tertiary/aromatic N) is 4. The topological polar surface area (TPSA) is 84.2 Å². The summed E-state index contributed by atoms with van der Waals surface area (Å²) in [4.78, 5) is 24.2. The fourth-order valence-corrected chi connectivity index (χ4v) is 3.34. The molecule has 0 spiro atoms. The summed E-state index contributed by atoms with van der Waals surface area (Å²) < 4.78 is 5.26. The number of unbranched alkanes of at least 4 members (excludes halogenated alkanes) is 1. The predicted molar refractivity (Wildman–Crippen MR) is 97.6 cm³/mol. The number of carbonyl (C=O) groups is 1. The molecule has 0 bridgehead atoms. The minimum atomic E-state index is -0.731. The number of hydrogen-bond acceptors (Lipinski definition) is 7. The second-order valence-corrected chi connectivity index (χ2v) is 8.04. The van der Waals surface area contributed by atoms with Crippen LogP contribution in [-0.2, 0) is 18.5 Å². The van der Waals surface area contributed by atoms with Crippen LogP contribution >= 0.6 is 11.3 Å². The molecule has 0 aromatic carbocycles. The molecule has 2 rings (SSSR count). The zero-order valence-corrected chi connectivity index (χ0v) is 16.7. The zero-order valence-electron chi connectivity index (χ0n) is 15.8. The SMILES string of the molecule is CCCCc1nc(C)c(C(=O)NC(C)(C)c2noc(CN(C)C)n2)s1. The number of aromatic nitrogens is 3. The first kappa shape index (κ1) is 19.5. The highest BCUT2D eigenvalue weighted by atomic mass is 32.1. The molecule has 0 saturated heterocycles. The zero-order chi connectivity index (χ0) is 18.6. The lowest BCUT2D eigenvalue weighted by molar-refractivity contribution is 0.0911. The van der Waals surface area contributed by atoms with E-state index in [1.807, 2.05) is 39.8 Å². The average molecular weight is 366 g/mol. The van der Waals surface area contributed by atoms with Crippen LogP contribution in [0.2, 0.25) is 0 Å². The van der Waals surface area contributed by atoms with Gasteiger partial charge in [0.2, 0.25) is 5.89 Å². The summed E-state index contributed by atoms with van der Waals surface area (Å²) in [5, 5.41) is 8.02. The molecule has 0 saturated carbocycles. The van der Waals surface area contributed by atoms with Gasteiger partial charge < -0.3 is 14.7 Å². The first-order valence-corrected chi connectivity index (χ1v) is 9.31. The van der Waals surface area contributed by atoms with Gasteiger partial charge in [0.15, 0.2) is 5.82 Å². The smallest absolute Gasteiger partial charge is 0.264 e. The molecular weight excluding hydrogens is 338 g/mol. The first-order valence-electron chi connectivity index (χ1n) is 8.49. The number of rotatable bonds is 8. The van der Waals surface area contributed by atoms with Gasteiger partial charge in [-0.3, -0.25) is 4.79 Å². The number of aryl methyl sites for hydroxylation is 2. The van der Waals surface area contributed by atoms with Crippen LogP contribution in [0.5, 0.6) is 0 Å². The van der Waals surface area contributed by atoms with Gasteiger partial charge in [0, 0.05) is 0 Å². The Morgan fingerprint density at radius 2 is 2.04 bits per heavy atom. The van der Waals surface area contributed by atoms with Crippen molar-refractivity contribution < 1.29 is 9.32 Å². The molecule has 0 unspecified atom stereocenters. The Morgan fingerprint density at radius 3 is 2.68 bits per heavy atom. The fourth-order valence-electron chi connectivity index (χ4n) is 2.34. The van der Waals surface area contributed by atoms with E-state index in [0.717, 1.165) is 30.0 Å². The number of thiazole rings is 1. The monoisotopic (exact) mass is 365 g/mol. The Balaban J connectivity index is 2.10. The Labute approximate surface area is 152 Å². The largest absolute Gasteiger partial charge is 0.339 e. The van der Waals surface area contributed by atoms with Crippen molar-refractivity contribution in [3.05, 3.63) is 27.3 Å². The fraction of sp³-hybridized carbons (Fsp3) is 0.647. The third-order valence-electron chi connectivity index (χ3n) is 3.70. The van der Waals surface area contributed by atoms with Gasteiger partial charge in [-0.15, -0.1) is 11.3 Å². The standard InChI is InChI=1S/C17H27N5O2S/c1-7-8-9-13-18-11(2)14(25-13)15(23)20-17(3,4)16-19-12(24-21-16)10-22(5)6/h7-10H2,1-6H3,(H,20,23). The van der Waals surface area contributed by atoms with Gasteiger partial charge in [-0.05, 0) is 47.7 Å². The first-order chi connectivity index (χ1) is 11.7. The normalized spacial score (nSPS) is 12.0. The number of carbonyl (C=O) groups excluding carboxylic acids is 1. The summed E-state index contributed by atoms with van der Waals surface area (Å²) in [7, 11) is 3.86. The quantitative estimate of drug-likeness (QED) is 0.774. The summed E-state index contributed by atoms with van der Waals surface area (Å²) in [6, 6.07) is 0. The highest BCUT2D eigenvalue weighted by Gasteiger charge is 2.30. The molecule has 25 heavy (non-hydrogen) atoms. The van der Waals surface area contributed by atoms with Crippen molar-refractivity contribution in [3.8, 4) is 0 Å². The summed E-state index contributed by atoms with van der Waals surface area (Å²) in [6.45, 7) is 8.31. The van der Waals surface area contributed by atoms with Crippen molar-refractivity contribution in [1.29, 1.82) is 0 Å². The van der Waals surface area contributed by atoms with E-state index >= 15 is 0 Å². The third kappa shape index (κ3) is 5.09. The van der Waals surface area contributed by atoms with Crippen molar-refractivity contribution in [2.75, 3.05) is 14.1 Å². The van der Waals surface area contributed by atoms with Gasteiger partial charge in [-0.1, -0.05) is 18.5 Å². The van der Waals surface area contributed by atoms with E-state index in [1.165, 1.54) is 11.3 Å². The Hall–Kier alpha value is -1.80. The predicted octanol–water partition coefficient (Wildman–Crippen LogP) is 2.90. The molecule has 2 aromatic heterocycles. The van der Waals surface area contributed by atoms with Gasteiger partial charge in [0.1, 0.15) is 4.88 Å². The van der Waals surface area contributed by atoms with Crippen LogP contribution in [0.4, 0.5) is 0 Å². The van der Waals surface area contributed by atoms with Crippen LogP contribution in [0.1, 0.15) is 65.7 Å². The molecule has 2 aromatic rings. The summed E-state index contributed by atoms with van der Waals surface area (Å²) >= 11 is 1.46. The van der Waals surface area contributed by atoms with Gasteiger partial charge >= 0.3 is 0 Å². The number of amides is 1. The van der Waals surface area contributed by atoms with Crippen LogP contribution in [-0.4, -0.2) is 40.0 Å². The maximum absolute atomic E-state index is 12.7. The summed E-state index contributed by atoms with van der Waals surface area (Å²) in [5.41, 5.74) is 0.0383. The summed E-state index contributed by atoms with van der Waals surface area (Å²) in [5.74, 6) is 0.839. The molecule has 138 valence electrons. The minimum Gasteiger partial charge on any atom is -0.339 e. The molecule has 0 aliphatic carbocycles. The molecule has 1 N–H and O–H groups in total. The molecule has 0 radical (unpaired) electrons. The van der Waals surface area contributed by atoms with Crippen molar-refractivity contribution in [3.63, 3.8) is 0 Å². The van der Waals surface area contributed by atoms with Crippen LogP contribution in [0.15, 0.2) is 4.52 Å². The second-order valence-electron chi connectivity index (χ2n) is 6.95. The van der Waals surface area contributed by atoms with E-state index in [4.69, 9.17) is 4.52 Å². The highest BCUT2D eigenvalue weighted by Crippen LogP contribution is 2.23. The summed E-state index contributed by atoms with van der Waals surface area (Å²) in [6.07, 6.45) is 3.11. The molecule has 0 aliphatic heterocycles. The van der Waals surface area contributed by atoms with E-state index in [0.29, 0.717) is 23.1 Å². The second kappa shape index (κ2) is 8.05. The van der Waals surface area contributed by atoms with E-state index in [2.05, 4.69) is 27.4 Å². The molecule has 8 heteroatoms. The van der Waals surface area contributed by atoms with Gasteiger partial charge in [-0.2, -0.15) is 4.98 Å². The Bertz CT molecular complexity index is 720. The van der Waals surface area contributed by atoms with Crippen LogP contribution in [0.25, 0.3) is 0 Å². The lowest BCUT2D eigenvalue weighted by atomic mass is 10.0. The molecule has 0 fully saturated rings. The number of nitrogens with one attached hydrogen (secondary N) is 1. The van der Waals surface area contributed by atoms with E-state index < -0.39 is 5.54 Å². The Kier molecular flexibility index (Phi) is 6.29. The lowest BCUT2D eigenvalue weighted by Crippen LogP contribution is -2.41. The molecular formula is C17H27N5O2S. The Morgan fingerprint density at radius 1 is 1.32 bits per heavy atom. The van der Waals surface area contributed by atoms with Crippen LogP contribution in [0.3, 0.4) is 0 Å². The molecule has 7 nitrogen and oxygen atoms in total. The van der Waals surface area contributed by atoms with E-state index in [9.17, 15) is 4.79 Å². The third-order valence-corrected chi connectivity index (χ3v) is 4.91. The van der Waals surface area contributed by atoms with Crippen molar-refractivity contribution in [1.82, 2.24) is 25.3 Å². The lowest BCUT2D eigenvalue weighted by Gasteiger charge is -2.22. The van der Waals surface area contributed by atoms with E-state index in [-0.39, 0.29) is 5.91 Å². The van der Waals surface area contributed by atoms with Crippen molar-refractivity contribution in [2.45, 2.75) is 59.0 Å².